The van der Waals surface area contributed by atoms with Gasteiger partial charge >= 0.3 is 6.09 Å². The number of nitrogens with one attached hydrogen (secondary N) is 1. The van der Waals surface area contributed by atoms with E-state index in [4.69, 9.17) is 14.2 Å². The number of hydrogen-bond donors (Lipinski definition) is 1. The number of carbonyl (C=O) groups is 2. The third kappa shape index (κ3) is 5.84. The van der Waals surface area contributed by atoms with Gasteiger partial charge in [0.25, 0.3) is 0 Å². The number of methoxy groups -OCH3 is 1. The maximum Gasteiger partial charge on any atom is 0.410 e. The fourth-order valence-corrected chi connectivity index (χ4v) is 3.95. The Bertz CT molecular complexity index is 805. The standard InChI is InChI=1S/C22H32FN3O5/c1-22(2,3)31-21(28)26-9-5-8-17(26)19(27)24-12-15-11-16(23)18(25-20(15)29-4)14-7-6-10-30-13-14/h11,14,17H,5-10,12-13H2,1-4H3,(H,24,27). The van der Waals surface area contributed by atoms with E-state index in [2.05, 4.69) is 10.3 Å². The molecule has 1 N–H and O–H groups in total. The van der Waals surface area contributed by atoms with Gasteiger partial charge in [0, 0.05) is 31.2 Å². The van der Waals surface area contributed by atoms with Gasteiger partial charge < -0.3 is 19.5 Å². The van der Waals surface area contributed by atoms with Crippen LogP contribution in [0.2, 0.25) is 0 Å². The van der Waals surface area contributed by atoms with Gasteiger partial charge in [0.1, 0.15) is 17.5 Å². The minimum absolute atomic E-state index is 0.0477. The van der Waals surface area contributed by atoms with Gasteiger partial charge in [-0.3, -0.25) is 9.69 Å². The average Bonchev–Trinajstić information content (AvgIpc) is 3.22. The zero-order valence-corrected chi connectivity index (χ0v) is 18.7. The van der Waals surface area contributed by atoms with Crippen LogP contribution < -0.4 is 10.1 Å². The molecule has 1 aromatic heterocycles. The number of hydrogen-bond acceptors (Lipinski definition) is 6. The van der Waals surface area contributed by atoms with E-state index in [0.29, 0.717) is 37.4 Å². The molecule has 31 heavy (non-hydrogen) atoms. The number of rotatable bonds is 5. The first-order valence-electron chi connectivity index (χ1n) is 10.8. The second kappa shape index (κ2) is 9.80. The highest BCUT2D eigenvalue weighted by atomic mass is 19.1. The van der Waals surface area contributed by atoms with Gasteiger partial charge in [-0.25, -0.2) is 14.2 Å². The molecule has 0 saturated carbocycles. The molecule has 0 bridgehead atoms. The van der Waals surface area contributed by atoms with Crippen LogP contribution >= 0.6 is 0 Å². The van der Waals surface area contributed by atoms with Crippen LogP contribution in [0.1, 0.15) is 63.6 Å². The first-order valence-corrected chi connectivity index (χ1v) is 10.8. The summed E-state index contributed by atoms with van der Waals surface area (Å²) in [6.45, 7) is 6.98. The molecule has 2 amide bonds. The van der Waals surface area contributed by atoms with Crippen molar-refractivity contribution in [3.63, 3.8) is 0 Å². The predicted molar refractivity (Wildman–Crippen MR) is 111 cm³/mol. The van der Waals surface area contributed by atoms with Crippen molar-refractivity contribution in [1.29, 1.82) is 0 Å². The third-order valence-corrected chi connectivity index (χ3v) is 5.42. The number of amides is 2. The van der Waals surface area contributed by atoms with Crippen molar-refractivity contribution in [2.45, 2.75) is 70.6 Å². The molecule has 2 unspecified atom stereocenters. The van der Waals surface area contributed by atoms with E-state index >= 15 is 0 Å². The summed E-state index contributed by atoms with van der Waals surface area (Å²) < 4.78 is 30.9. The average molecular weight is 438 g/mol. The molecule has 172 valence electrons. The lowest BCUT2D eigenvalue weighted by Gasteiger charge is -2.28. The molecule has 0 radical (unpaired) electrons. The number of likely N-dealkylation sites (tertiary alicyclic amines) is 1. The van der Waals surface area contributed by atoms with Gasteiger partial charge in [-0.1, -0.05) is 0 Å². The van der Waals surface area contributed by atoms with E-state index < -0.39 is 23.6 Å². The molecule has 2 fully saturated rings. The van der Waals surface area contributed by atoms with Crippen LogP contribution in [-0.2, 0) is 20.8 Å². The molecule has 0 spiro atoms. The van der Waals surface area contributed by atoms with Crippen molar-refractivity contribution in [2.24, 2.45) is 0 Å². The van der Waals surface area contributed by atoms with Crippen LogP contribution in [0, 0.1) is 5.82 Å². The minimum Gasteiger partial charge on any atom is -0.481 e. The van der Waals surface area contributed by atoms with E-state index in [1.165, 1.54) is 18.1 Å². The predicted octanol–water partition coefficient (Wildman–Crippen LogP) is 3.14. The normalized spacial score (nSPS) is 21.6. The highest BCUT2D eigenvalue weighted by Gasteiger charge is 2.36. The molecular weight excluding hydrogens is 405 g/mol. The number of aromatic nitrogens is 1. The van der Waals surface area contributed by atoms with Crippen LogP contribution in [0.3, 0.4) is 0 Å². The Balaban J connectivity index is 1.66. The Kier molecular flexibility index (Phi) is 7.35. The number of ether oxygens (including phenoxy) is 3. The van der Waals surface area contributed by atoms with E-state index in [1.807, 2.05) is 0 Å². The van der Waals surface area contributed by atoms with Crippen molar-refractivity contribution in [1.82, 2.24) is 15.2 Å². The summed E-state index contributed by atoms with van der Waals surface area (Å²) in [5, 5.41) is 2.79. The lowest BCUT2D eigenvalue weighted by Crippen LogP contribution is -2.47. The first-order chi connectivity index (χ1) is 14.7. The lowest BCUT2D eigenvalue weighted by molar-refractivity contribution is -0.125. The monoisotopic (exact) mass is 437 g/mol. The number of pyridine rings is 1. The quantitative estimate of drug-likeness (QED) is 0.761. The summed E-state index contributed by atoms with van der Waals surface area (Å²) >= 11 is 0. The fourth-order valence-electron chi connectivity index (χ4n) is 3.95. The maximum atomic E-state index is 14.7. The summed E-state index contributed by atoms with van der Waals surface area (Å²) in [7, 11) is 1.47. The summed E-state index contributed by atoms with van der Waals surface area (Å²) in [6.07, 6.45) is 2.44. The molecule has 2 aliphatic heterocycles. The maximum absolute atomic E-state index is 14.7. The second-order valence-corrected chi connectivity index (χ2v) is 8.99. The smallest absolute Gasteiger partial charge is 0.410 e. The van der Waals surface area contributed by atoms with Crippen molar-refractivity contribution >= 4 is 12.0 Å². The van der Waals surface area contributed by atoms with Gasteiger partial charge in [0.2, 0.25) is 11.8 Å². The summed E-state index contributed by atoms with van der Waals surface area (Å²) in [6, 6.07) is 0.744. The highest BCUT2D eigenvalue weighted by molar-refractivity contribution is 5.86. The van der Waals surface area contributed by atoms with Gasteiger partial charge in [-0.15, -0.1) is 0 Å². The topological polar surface area (TPSA) is 90.0 Å². The third-order valence-electron chi connectivity index (χ3n) is 5.42. The van der Waals surface area contributed by atoms with Gasteiger partial charge in [-0.2, -0.15) is 0 Å². The number of halogens is 1. The Morgan fingerprint density at radius 3 is 2.74 bits per heavy atom. The lowest BCUT2D eigenvalue weighted by atomic mass is 9.97. The summed E-state index contributed by atoms with van der Waals surface area (Å²) in [4.78, 5) is 31.0. The Labute approximate surface area is 182 Å². The van der Waals surface area contributed by atoms with Gasteiger partial charge in [-0.05, 0) is 52.5 Å². The fraction of sp³-hybridized carbons (Fsp3) is 0.682. The van der Waals surface area contributed by atoms with E-state index in [9.17, 15) is 14.0 Å². The zero-order chi connectivity index (χ0) is 22.6. The van der Waals surface area contributed by atoms with Crippen molar-refractivity contribution < 1.29 is 28.2 Å². The zero-order valence-electron chi connectivity index (χ0n) is 18.7. The SMILES string of the molecule is COc1nc(C2CCCOC2)c(F)cc1CNC(=O)C1CCCN1C(=O)OC(C)(C)C. The Hall–Kier alpha value is -2.42. The summed E-state index contributed by atoms with van der Waals surface area (Å²) in [5.74, 6) is -0.572. The van der Waals surface area contributed by atoms with Crippen LogP contribution in [-0.4, -0.2) is 60.4 Å². The van der Waals surface area contributed by atoms with E-state index in [-0.39, 0.29) is 24.2 Å². The van der Waals surface area contributed by atoms with Gasteiger partial charge in [0.15, 0.2) is 0 Å². The van der Waals surface area contributed by atoms with Crippen LogP contribution in [0.5, 0.6) is 5.88 Å². The molecule has 3 rings (SSSR count). The van der Waals surface area contributed by atoms with Crippen molar-refractivity contribution in [2.75, 3.05) is 26.9 Å². The summed E-state index contributed by atoms with van der Waals surface area (Å²) in [5.41, 5.74) is 0.136. The molecule has 2 atom stereocenters. The minimum atomic E-state index is -0.637. The molecule has 0 aliphatic carbocycles. The van der Waals surface area contributed by atoms with Crippen LogP contribution in [0.15, 0.2) is 6.07 Å². The molecule has 9 heteroatoms. The molecular formula is C22H32FN3O5. The highest BCUT2D eigenvalue weighted by Crippen LogP contribution is 2.29. The largest absolute Gasteiger partial charge is 0.481 e. The van der Waals surface area contributed by atoms with Crippen molar-refractivity contribution in [3.05, 3.63) is 23.1 Å². The first kappa shape index (κ1) is 23.2. The molecule has 0 aromatic carbocycles. The van der Waals surface area contributed by atoms with E-state index in [0.717, 1.165) is 19.3 Å². The van der Waals surface area contributed by atoms with Crippen LogP contribution in [0.25, 0.3) is 0 Å². The van der Waals surface area contributed by atoms with Crippen molar-refractivity contribution in [3.8, 4) is 5.88 Å². The second-order valence-electron chi connectivity index (χ2n) is 8.99. The molecule has 1 aromatic rings. The molecule has 2 saturated heterocycles. The Morgan fingerprint density at radius 1 is 1.32 bits per heavy atom. The molecule has 8 nitrogen and oxygen atoms in total. The number of carbonyl (C=O) groups excluding carboxylic acids is 2. The van der Waals surface area contributed by atoms with Crippen LogP contribution in [0.4, 0.5) is 9.18 Å². The number of nitrogens with zero attached hydrogens (tertiary/aromatic N) is 2. The molecule has 3 heterocycles. The Morgan fingerprint density at radius 2 is 2.10 bits per heavy atom. The van der Waals surface area contributed by atoms with E-state index in [1.54, 1.807) is 20.8 Å². The van der Waals surface area contributed by atoms with Gasteiger partial charge in [0.05, 0.1) is 19.4 Å². The molecule has 2 aliphatic rings.